The minimum atomic E-state index is -2.89. The number of hydrogen-bond donors (Lipinski definition) is 2. The zero-order valence-corrected chi connectivity index (χ0v) is 11.3. The molecule has 0 spiro atoms. The lowest BCUT2D eigenvalue weighted by atomic mass is 10.1. The van der Waals surface area contributed by atoms with Gasteiger partial charge in [-0.3, -0.25) is 5.43 Å². The maximum atomic E-state index is 12.4. The number of hydrazine groups is 1. The standard InChI is InChI=1S/C15H12F2N4O/c16-14(17)22-10-6-7-12-11(8-10)13(20-15(19-12)21-18)9-4-2-1-3-5-9/h1-8,14H,18H2,(H,19,20,21). The van der Waals surface area contributed by atoms with E-state index in [-0.39, 0.29) is 11.7 Å². The second-order valence-corrected chi connectivity index (χ2v) is 4.46. The van der Waals surface area contributed by atoms with Crippen molar-refractivity contribution in [3.63, 3.8) is 0 Å². The lowest BCUT2D eigenvalue weighted by Gasteiger charge is -2.10. The number of hydrogen-bond acceptors (Lipinski definition) is 5. The summed E-state index contributed by atoms with van der Waals surface area (Å²) >= 11 is 0. The van der Waals surface area contributed by atoms with Crippen LogP contribution in [0.5, 0.6) is 5.75 Å². The molecule has 3 N–H and O–H groups in total. The molecule has 0 radical (unpaired) electrons. The molecule has 5 nitrogen and oxygen atoms in total. The molecule has 0 aliphatic heterocycles. The third kappa shape index (κ3) is 2.79. The maximum Gasteiger partial charge on any atom is 0.387 e. The minimum absolute atomic E-state index is 0.0525. The Kier molecular flexibility index (Phi) is 3.80. The van der Waals surface area contributed by atoms with Gasteiger partial charge in [0, 0.05) is 10.9 Å². The summed E-state index contributed by atoms with van der Waals surface area (Å²) in [6.45, 7) is -2.89. The zero-order chi connectivity index (χ0) is 15.5. The van der Waals surface area contributed by atoms with E-state index in [1.54, 1.807) is 6.07 Å². The van der Waals surface area contributed by atoms with E-state index in [0.29, 0.717) is 16.6 Å². The Bertz CT molecular complexity index is 796. The molecular formula is C15H12F2N4O. The molecule has 0 atom stereocenters. The second kappa shape index (κ2) is 5.90. The predicted molar refractivity (Wildman–Crippen MR) is 79.4 cm³/mol. The zero-order valence-electron chi connectivity index (χ0n) is 11.3. The molecule has 0 saturated carbocycles. The lowest BCUT2D eigenvalue weighted by Crippen LogP contribution is -2.11. The Labute approximate surface area is 124 Å². The summed E-state index contributed by atoms with van der Waals surface area (Å²) in [5.41, 5.74) is 4.38. The van der Waals surface area contributed by atoms with Crippen LogP contribution in [0.25, 0.3) is 22.2 Å². The van der Waals surface area contributed by atoms with Gasteiger partial charge in [-0.05, 0) is 18.2 Å². The topological polar surface area (TPSA) is 73.1 Å². The number of benzene rings is 2. The highest BCUT2D eigenvalue weighted by molar-refractivity contribution is 5.94. The van der Waals surface area contributed by atoms with Gasteiger partial charge in [0.2, 0.25) is 5.95 Å². The van der Waals surface area contributed by atoms with Crippen LogP contribution in [0.1, 0.15) is 0 Å². The van der Waals surface area contributed by atoms with E-state index in [2.05, 4.69) is 20.1 Å². The van der Waals surface area contributed by atoms with Crippen molar-refractivity contribution in [1.82, 2.24) is 9.97 Å². The molecular weight excluding hydrogens is 290 g/mol. The fourth-order valence-corrected chi connectivity index (χ4v) is 2.16. The van der Waals surface area contributed by atoms with Gasteiger partial charge in [-0.1, -0.05) is 30.3 Å². The van der Waals surface area contributed by atoms with E-state index in [1.807, 2.05) is 30.3 Å². The molecule has 112 valence electrons. The second-order valence-electron chi connectivity index (χ2n) is 4.46. The van der Waals surface area contributed by atoms with E-state index < -0.39 is 6.61 Å². The Morgan fingerprint density at radius 2 is 1.82 bits per heavy atom. The fourth-order valence-electron chi connectivity index (χ4n) is 2.16. The summed E-state index contributed by atoms with van der Waals surface area (Å²) in [6, 6.07) is 13.8. The first-order valence-corrected chi connectivity index (χ1v) is 6.46. The monoisotopic (exact) mass is 302 g/mol. The molecule has 0 amide bonds. The molecule has 0 fully saturated rings. The fraction of sp³-hybridized carbons (Fsp3) is 0.0667. The third-order valence-corrected chi connectivity index (χ3v) is 3.07. The maximum absolute atomic E-state index is 12.4. The van der Waals surface area contributed by atoms with Crippen LogP contribution in [0.4, 0.5) is 14.7 Å². The van der Waals surface area contributed by atoms with Gasteiger partial charge >= 0.3 is 6.61 Å². The van der Waals surface area contributed by atoms with Crippen molar-refractivity contribution < 1.29 is 13.5 Å². The molecule has 3 aromatic rings. The first-order chi connectivity index (χ1) is 10.7. The van der Waals surface area contributed by atoms with Gasteiger partial charge in [0.25, 0.3) is 0 Å². The number of fused-ring (bicyclic) bond motifs is 1. The average molecular weight is 302 g/mol. The summed E-state index contributed by atoms with van der Waals surface area (Å²) in [5, 5.41) is 0.600. The number of nitrogens with one attached hydrogen (secondary N) is 1. The van der Waals surface area contributed by atoms with E-state index in [9.17, 15) is 8.78 Å². The van der Waals surface area contributed by atoms with Gasteiger partial charge in [-0.2, -0.15) is 8.78 Å². The van der Waals surface area contributed by atoms with Crippen LogP contribution in [-0.2, 0) is 0 Å². The van der Waals surface area contributed by atoms with Crippen molar-refractivity contribution >= 4 is 16.9 Å². The minimum Gasteiger partial charge on any atom is -0.435 e. The van der Waals surface area contributed by atoms with Crippen molar-refractivity contribution in [3.05, 3.63) is 48.5 Å². The number of ether oxygens (including phenoxy) is 1. The lowest BCUT2D eigenvalue weighted by molar-refractivity contribution is -0.0497. The van der Waals surface area contributed by atoms with Crippen molar-refractivity contribution in [3.8, 4) is 17.0 Å². The molecule has 7 heteroatoms. The van der Waals surface area contributed by atoms with Gasteiger partial charge in [-0.15, -0.1) is 0 Å². The van der Waals surface area contributed by atoms with E-state index in [1.165, 1.54) is 12.1 Å². The van der Waals surface area contributed by atoms with Gasteiger partial charge in [0.05, 0.1) is 11.2 Å². The molecule has 0 bridgehead atoms. The molecule has 3 rings (SSSR count). The van der Waals surface area contributed by atoms with E-state index >= 15 is 0 Å². The number of nitrogen functional groups attached to an aromatic ring is 1. The van der Waals surface area contributed by atoms with Crippen LogP contribution < -0.4 is 16.0 Å². The first kappa shape index (κ1) is 14.2. The van der Waals surface area contributed by atoms with Gasteiger partial charge < -0.3 is 4.74 Å². The molecule has 22 heavy (non-hydrogen) atoms. The largest absolute Gasteiger partial charge is 0.435 e. The van der Waals surface area contributed by atoms with Crippen LogP contribution >= 0.6 is 0 Å². The van der Waals surface area contributed by atoms with Crippen molar-refractivity contribution in [2.75, 3.05) is 5.43 Å². The summed E-state index contributed by atoms with van der Waals surface area (Å²) in [7, 11) is 0. The van der Waals surface area contributed by atoms with Crippen LogP contribution in [0.15, 0.2) is 48.5 Å². The van der Waals surface area contributed by atoms with E-state index in [4.69, 9.17) is 5.84 Å². The molecule has 0 aliphatic rings. The number of nitrogens with two attached hydrogens (primary N) is 1. The molecule has 1 aromatic heterocycles. The summed E-state index contributed by atoms with van der Waals surface area (Å²) in [4.78, 5) is 8.53. The van der Waals surface area contributed by atoms with E-state index in [0.717, 1.165) is 5.56 Å². The van der Waals surface area contributed by atoms with Gasteiger partial charge in [-0.25, -0.2) is 15.8 Å². The highest BCUT2D eigenvalue weighted by Crippen LogP contribution is 2.30. The number of aromatic nitrogens is 2. The van der Waals surface area contributed by atoms with Crippen molar-refractivity contribution in [1.29, 1.82) is 0 Å². The van der Waals surface area contributed by atoms with Crippen LogP contribution in [0.3, 0.4) is 0 Å². The average Bonchev–Trinajstić information content (AvgIpc) is 2.54. The van der Waals surface area contributed by atoms with Crippen LogP contribution in [0, 0.1) is 0 Å². The predicted octanol–water partition coefficient (Wildman–Crippen LogP) is 3.18. The Hall–Kier alpha value is -2.80. The molecule has 1 heterocycles. The highest BCUT2D eigenvalue weighted by atomic mass is 19.3. The number of alkyl halides is 2. The third-order valence-electron chi connectivity index (χ3n) is 3.07. The Balaban J connectivity index is 2.22. The van der Waals surface area contributed by atoms with Crippen molar-refractivity contribution in [2.24, 2.45) is 5.84 Å². The first-order valence-electron chi connectivity index (χ1n) is 6.46. The molecule has 2 aromatic carbocycles. The SMILES string of the molecule is NNc1nc(-c2ccccc2)c2cc(OC(F)F)ccc2n1. The summed E-state index contributed by atoms with van der Waals surface area (Å²) < 4.78 is 29.2. The number of nitrogens with zero attached hydrogens (tertiary/aromatic N) is 2. The Morgan fingerprint density at radius 3 is 2.50 bits per heavy atom. The molecule has 0 saturated heterocycles. The van der Waals surface area contributed by atoms with Gasteiger partial charge in [0.15, 0.2) is 0 Å². The molecule has 0 unspecified atom stereocenters. The normalized spacial score (nSPS) is 10.9. The Morgan fingerprint density at radius 1 is 1.05 bits per heavy atom. The summed E-state index contributed by atoms with van der Waals surface area (Å²) in [5.74, 6) is 5.68. The number of anilines is 1. The quantitative estimate of drug-likeness (QED) is 0.572. The smallest absolute Gasteiger partial charge is 0.387 e. The molecule has 0 aliphatic carbocycles. The van der Waals surface area contributed by atoms with Crippen LogP contribution in [0.2, 0.25) is 0 Å². The number of halogens is 2. The van der Waals surface area contributed by atoms with Gasteiger partial charge in [0.1, 0.15) is 5.75 Å². The summed E-state index contributed by atoms with van der Waals surface area (Å²) in [6.07, 6.45) is 0. The highest BCUT2D eigenvalue weighted by Gasteiger charge is 2.12. The number of rotatable bonds is 4. The van der Waals surface area contributed by atoms with Crippen molar-refractivity contribution in [2.45, 2.75) is 6.61 Å². The van der Waals surface area contributed by atoms with Crippen LogP contribution in [-0.4, -0.2) is 16.6 Å².